The van der Waals surface area contributed by atoms with Crippen molar-refractivity contribution < 1.29 is 31.3 Å². The zero-order chi connectivity index (χ0) is 13.8. The third kappa shape index (κ3) is 3.88. The zero-order valence-corrected chi connectivity index (χ0v) is 10.6. The second-order valence-corrected chi connectivity index (χ2v) is 5.88. The molecule has 1 aliphatic rings. The van der Waals surface area contributed by atoms with Gasteiger partial charge in [0.25, 0.3) is 0 Å². The molecule has 0 heterocycles. The van der Waals surface area contributed by atoms with E-state index < -0.39 is 21.3 Å². The van der Waals surface area contributed by atoms with Gasteiger partial charge in [-0.3, -0.25) is 4.55 Å². The van der Waals surface area contributed by atoms with Crippen molar-refractivity contribution in [3.05, 3.63) is 0 Å². The monoisotopic (exact) mass is 286 g/mol. The fourth-order valence-electron chi connectivity index (χ4n) is 2.03. The van der Waals surface area contributed by atoms with Gasteiger partial charge < -0.3 is 4.74 Å². The van der Waals surface area contributed by atoms with E-state index in [-0.39, 0.29) is 6.61 Å². The highest BCUT2D eigenvalue weighted by molar-refractivity contribution is 7.87. The molecule has 1 rings (SSSR count). The first kappa shape index (κ1) is 15.3. The van der Waals surface area contributed by atoms with Gasteiger partial charge in [-0.1, -0.05) is 25.7 Å². The molecule has 8 heteroatoms. The van der Waals surface area contributed by atoms with Gasteiger partial charge in [-0.05, 0) is 18.8 Å². The van der Waals surface area contributed by atoms with Crippen molar-refractivity contribution in [3.8, 4) is 0 Å². The van der Waals surface area contributed by atoms with Gasteiger partial charge in [-0.15, -0.1) is 0 Å². The molecular formula is C10H16F2O5S. The maximum absolute atomic E-state index is 12.7. The maximum Gasteiger partial charge on any atom is 0.465 e. The standard InChI is InChI=1S/C10H16F2O5S/c11-10(12,18(14,15)16)9(13)17-7-3-6-8-4-1-2-5-8/h8H,1-7H2,(H,14,15,16). The van der Waals surface area contributed by atoms with Gasteiger partial charge in [-0.25, -0.2) is 4.79 Å². The van der Waals surface area contributed by atoms with Crippen LogP contribution in [-0.4, -0.2) is 30.8 Å². The molecule has 18 heavy (non-hydrogen) atoms. The molecule has 0 radical (unpaired) electrons. The van der Waals surface area contributed by atoms with E-state index in [4.69, 9.17) is 4.55 Å². The van der Waals surface area contributed by atoms with Crippen LogP contribution < -0.4 is 0 Å². The van der Waals surface area contributed by atoms with Crippen molar-refractivity contribution in [2.75, 3.05) is 6.61 Å². The SMILES string of the molecule is O=C(OCCCC1CCCC1)C(F)(F)S(=O)(=O)O. The Morgan fingerprint density at radius 1 is 1.33 bits per heavy atom. The van der Waals surface area contributed by atoms with Gasteiger partial charge in [0.2, 0.25) is 0 Å². The molecule has 0 bridgehead atoms. The average molecular weight is 286 g/mol. The van der Waals surface area contributed by atoms with E-state index in [2.05, 4.69) is 4.74 Å². The quantitative estimate of drug-likeness (QED) is 0.459. The Balaban J connectivity index is 2.28. The van der Waals surface area contributed by atoms with Crippen molar-refractivity contribution in [2.45, 2.75) is 43.8 Å². The lowest BCUT2D eigenvalue weighted by Crippen LogP contribution is -2.39. The Kier molecular flexibility index (Phi) is 5.03. The fraction of sp³-hybridized carbons (Fsp3) is 0.900. The van der Waals surface area contributed by atoms with Crippen LogP contribution in [0, 0.1) is 5.92 Å². The molecule has 1 saturated carbocycles. The van der Waals surface area contributed by atoms with E-state index in [1.54, 1.807) is 0 Å². The molecule has 0 amide bonds. The fourth-order valence-corrected chi connectivity index (χ4v) is 2.29. The van der Waals surface area contributed by atoms with Crippen LogP contribution in [0.25, 0.3) is 0 Å². The van der Waals surface area contributed by atoms with E-state index in [0.717, 1.165) is 32.1 Å². The van der Waals surface area contributed by atoms with Crippen LogP contribution in [0.2, 0.25) is 0 Å². The summed E-state index contributed by atoms with van der Waals surface area (Å²) >= 11 is 0. The second kappa shape index (κ2) is 5.92. The van der Waals surface area contributed by atoms with Gasteiger partial charge in [0.05, 0.1) is 6.61 Å². The van der Waals surface area contributed by atoms with Gasteiger partial charge in [0.15, 0.2) is 0 Å². The molecule has 0 aromatic rings. The molecule has 0 aromatic heterocycles. The first-order chi connectivity index (χ1) is 8.25. The minimum Gasteiger partial charge on any atom is -0.460 e. The Morgan fingerprint density at radius 3 is 2.39 bits per heavy atom. The number of hydrogen-bond donors (Lipinski definition) is 1. The minimum absolute atomic E-state index is 0.263. The summed E-state index contributed by atoms with van der Waals surface area (Å²) in [6.07, 6.45) is 5.68. The van der Waals surface area contributed by atoms with E-state index >= 15 is 0 Å². The predicted molar refractivity (Wildman–Crippen MR) is 58.6 cm³/mol. The number of halogens is 2. The first-order valence-electron chi connectivity index (χ1n) is 5.77. The van der Waals surface area contributed by atoms with Crippen molar-refractivity contribution >= 4 is 16.1 Å². The molecule has 0 aliphatic heterocycles. The summed E-state index contributed by atoms with van der Waals surface area (Å²) in [4.78, 5) is 10.8. The molecular weight excluding hydrogens is 270 g/mol. The molecule has 1 N–H and O–H groups in total. The van der Waals surface area contributed by atoms with E-state index in [1.165, 1.54) is 0 Å². The van der Waals surface area contributed by atoms with Crippen LogP contribution in [-0.2, 0) is 19.6 Å². The smallest absolute Gasteiger partial charge is 0.460 e. The lowest BCUT2D eigenvalue weighted by molar-refractivity contribution is -0.161. The Morgan fingerprint density at radius 2 is 1.89 bits per heavy atom. The van der Waals surface area contributed by atoms with Crippen LogP contribution in [0.4, 0.5) is 8.78 Å². The molecule has 106 valence electrons. The highest BCUT2D eigenvalue weighted by atomic mass is 32.2. The number of carbonyl (C=O) groups excluding carboxylic acids is 1. The highest BCUT2D eigenvalue weighted by Crippen LogP contribution is 2.28. The molecule has 5 nitrogen and oxygen atoms in total. The third-order valence-electron chi connectivity index (χ3n) is 3.03. The number of alkyl halides is 2. The van der Waals surface area contributed by atoms with Crippen LogP contribution >= 0.6 is 0 Å². The summed E-state index contributed by atoms with van der Waals surface area (Å²) in [5.41, 5.74) is 0. The molecule has 1 aliphatic carbocycles. The number of rotatable bonds is 6. The normalized spacial score (nSPS) is 17.9. The summed E-state index contributed by atoms with van der Waals surface area (Å²) in [5.74, 6) is -1.69. The average Bonchev–Trinajstić information content (AvgIpc) is 2.75. The van der Waals surface area contributed by atoms with Crippen molar-refractivity contribution in [1.82, 2.24) is 0 Å². The van der Waals surface area contributed by atoms with Gasteiger partial charge in [0.1, 0.15) is 0 Å². The van der Waals surface area contributed by atoms with Crippen LogP contribution in [0.3, 0.4) is 0 Å². The maximum atomic E-state index is 12.7. The van der Waals surface area contributed by atoms with E-state index in [1.807, 2.05) is 0 Å². The predicted octanol–water partition coefficient (Wildman–Crippen LogP) is 1.98. The molecule has 0 aromatic carbocycles. The number of esters is 1. The summed E-state index contributed by atoms with van der Waals surface area (Å²) in [7, 11) is -5.76. The summed E-state index contributed by atoms with van der Waals surface area (Å²) in [6.45, 7) is -0.263. The second-order valence-electron chi connectivity index (χ2n) is 4.42. The Bertz CT molecular complexity index is 387. The lowest BCUT2D eigenvalue weighted by atomic mass is 10.0. The molecule has 0 unspecified atom stereocenters. The largest absolute Gasteiger partial charge is 0.465 e. The Labute approximate surface area is 104 Å². The van der Waals surface area contributed by atoms with Gasteiger partial charge in [-0.2, -0.15) is 17.2 Å². The lowest BCUT2D eigenvalue weighted by Gasteiger charge is -2.13. The highest BCUT2D eigenvalue weighted by Gasteiger charge is 2.54. The number of ether oxygens (including phenoxy) is 1. The first-order valence-corrected chi connectivity index (χ1v) is 7.21. The topological polar surface area (TPSA) is 80.7 Å². The summed E-state index contributed by atoms with van der Waals surface area (Å²) in [6, 6.07) is 0. The van der Waals surface area contributed by atoms with Crippen molar-refractivity contribution in [2.24, 2.45) is 5.92 Å². The zero-order valence-electron chi connectivity index (χ0n) is 9.77. The molecule has 0 saturated heterocycles. The van der Waals surface area contributed by atoms with Crippen LogP contribution in [0.1, 0.15) is 38.5 Å². The number of hydrogen-bond acceptors (Lipinski definition) is 4. The van der Waals surface area contributed by atoms with Crippen molar-refractivity contribution in [1.29, 1.82) is 0 Å². The summed E-state index contributed by atoms with van der Waals surface area (Å²) in [5, 5.41) is -4.89. The van der Waals surface area contributed by atoms with E-state index in [9.17, 15) is 22.0 Å². The van der Waals surface area contributed by atoms with Gasteiger partial charge in [0, 0.05) is 0 Å². The molecule has 1 fully saturated rings. The van der Waals surface area contributed by atoms with E-state index in [0.29, 0.717) is 12.3 Å². The van der Waals surface area contributed by atoms with Crippen LogP contribution in [0.15, 0.2) is 0 Å². The third-order valence-corrected chi connectivity index (χ3v) is 3.84. The Hall–Kier alpha value is -0.760. The molecule has 0 spiro atoms. The van der Waals surface area contributed by atoms with Crippen LogP contribution in [0.5, 0.6) is 0 Å². The molecule has 0 atom stereocenters. The van der Waals surface area contributed by atoms with Crippen molar-refractivity contribution in [3.63, 3.8) is 0 Å². The number of carbonyl (C=O) groups is 1. The summed E-state index contributed by atoms with van der Waals surface area (Å²) < 4.78 is 58.3. The van der Waals surface area contributed by atoms with Gasteiger partial charge >= 0.3 is 21.3 Å². The minimum atomic E-state index is -5.76.